The first-order valence-corrected chi connectivity index (χ1v) is 12.5. The number of hydrogen-bond donors (Lipinski definition) is 1. The van der Waals surface area contributed by atoms with Crippen LogP contribution in [0, 0.1) is 0 Å². The molecule has 2 saturated heterocycles. The van der Waals surface area contributed by atoms with Gasteiger partial charge in [-0.2, -0.15) is 0 Å². The van der Waals surface area contributed by atoms with E-state index in [4.69, 9.17) is 14.3 Å². The normalized spacial score (nSPS) is 24.7. The van der Waals surface area contributed by atoms with Crippen molar-refractivity contribution in [1.29, 1.82) is 0 Å². The number of nitrogens with zero attached hydrogens (tertiary/aromatic N) is 4. The summed E-state index contributed by atoms with van der Waals surface area (Å²) in [6.07, 6.45) is 1.89. The zero-order valence-electron chi connectivity index (χ0n) is 20.6. The Balaban J connectivity index is 1.11. The lowest BCUT2D eigenvalue weighted by Crippen LogP contribution is -2.41. The van der Waals surface area contributed by atoms with Crippen LogP contribution in [-0.2, 0) is 25.5 Å². The third kappa shape index (κ3) is 4.72. The van der Waals surface area contributed by atoms with Gasteiger partial charge in [-0.1, -0.05) is 17.3 Å². The minimum absolute atomic E-state index is 0.0408. The van der Waals surface area contributed by atoms with Crippen molar-refractivity contribution in [3.05, 3.63) is 47.8 Å². The second kappa shape index (κ2) is 9.98. The fourth-order valence-electron chi connectivity index (χ4n) is 5.37. The van der Waals surface area contributed by atoms with E-state index in [1.807, 2.05) is 30.5 Å². The van der Waals surface area contributed by atoms with E-state index in [0.29, 0.717) is 6.42 Å². The highest BCUT2D eigenvalue weighted by Crippen LogP contribution is 2.40. The summed E-state index contributed by atoms with van der Waals surface area (Å²) >= 11 is 0. The first-order valence-electron chi connectivity index (χ1n) is 12.5. The van der Waals surface area contributed by atoms with Crippen molar-refractivity contribution in [2.24, 2.45) is 5.16 Å². The van der Waals surface area contributed by atoms with Crippen LogP contribution in [0.15, 0.2) is 41.7 Å². The summed E-state index contributed by atoms with van der Waals surface area (Å²) in [6, 6.07) is 9.88. The van der Waals surface area contributed by atoms with E-state index in [2.05, 4.69) is 31.2 Å². The van der Waals surface area contributed by atoms with Crippen molar-refractivity contribution < 1.29 is 28.6 Å². The van der Waals surface area contributed by atoms with Crippen LogP contribution in [0.5, 0.6) is 0 Å². The van der Waals surface area contributed by atoms with E-state index in [0.717, 1.165) is 73.1 Å². The number of ether oxygens (including phenoxy) is 3. The van der Waals surface area contributed by atoms with Gasteiger partial charge in [0.25, 0.3) is 0 Å². The molecule has 0 spiro atoms. The Morgan fingerprint density at radius 3 is 2.78 bits per heavy atom. The number of methoxy groups -OCH3 is 1. The number of rotatable bonds is 6. The molecule has 1 aromatic heterocycles. The number of oxime groups is 1. The number of fused-ring (bicyclic) bond motifs is 3. The van der Waals surface area contributed by atoms with Crippen molar-refractivity contribution in [3.8, 4) is 11.1 Å². The topological polar surface area (TPSA) is 115 Å². The quantitative estimate of drug-likeness (QED) is 0.633. The lowest BCUT2D eigenvalue weighted by atomic mass is 10.00. The highest BCUT2D eigenvalue weighted by molar-refractivity contribution is 6.00. The Hall–Kier alpha value is -3.70. The van der Waals surface area contributed by atoms with Gasteiger partial charge in [0.1, 0.15) is 17.9 Å². The lowest BCUT2D eigenvalue weighted by Gasteiger charge is -2.27. The van der Waals surface area contributed by atoms with Gasteiger partial charge in [0.05, 0.1) is 44.3 Å². The summed E-state index contributed by atoms with van der Waals surface area (Å²) in [7, 11) is 1.30. The summed E-state index contributed by atoms with van der Waals surface area (Å²) in [6.45, 7) is 4.42. The molecule has 0 bridgehead atoms. The molecule has 1 N–H and O–H groups in total. The Morgan fingerprint density at radius 2 is 2.00 bits per heavy atom. The van der Waals surface area contributed by atoms with Crippen LogP contribution in [0.2, 0.25) is 0 Å². The highest BCUT2D eigenvalue weighted by Gasteiger charge is 2.47. The second-order valence-corrected chi connectivity index (χ2v) is 9.59. The molecule has 3 atom stereocenters. The van der Waals surface area contributed by atoms with Gasteiger partial charge in [0, 0.05) is 37.8 Å². The molecule has 194 valence electrons. The largest absolute Gasteiger partial charge is 0.453 e. The third-order valence-corrected chi connectivity index (χ3v) is 7.30. The van der Waals surface area contributed by atoms with E-state index < -0.39 is 18.3 Å². The first kappa shape index (κ1) is 23.7. The molecule has 1 aromatic carbocycles. The molecule has 1 unspecified atom stereocenters. The van der Waals surface area contributed by atoms with Crippen LogP contribution in [0.4, 0.5) is 15.3 Å². The zero-order valence-corrected chi connectivity index (χ0v) is 20.6. The van der Waals surface area contributed by atoms with Crippen LogP contribution >= 0.6 is 0 Å². The number of hydrogen-bond acceptors (Lipinski definition) is 9. The molecule has 4 aliphatic heterocycles. The Kier molecular flexibility index (Phi) is 6.39. The SMILES string of the molecule is COC(=O)NC[C@@H]1OC(=O)N2c3ccc(-c4ccc(C5=NOC(CN6CCOCC6)C5)nc4)cc3C[C@@H]12. The Bertz CT molecular complexity index is 1210. The van der Waals surface area contributed by atoms with E-state index in [-0.39, 0.29) is 18.7 Å². The highest BCUT2D eigenvalue weighted by atomic mass is 16.6. The van der Waals surface area contributed by atoms with Gasteiger partial charge in [0.2, 0.25) is 0 Å². The molecule has 2 aromatic rings. The van der Waals surface area contributed by atoms with Crippen LogP contribution in [-0.4, -0.2) is 92.5 Å². The molecular weight excluding hydrogens is 478 g/mol. The minimum atomic E-state index is -0.550. The molecule has 0 aliphatic carbocycles. The number of cyclic esters (lactones) is 1. The summed E-state index contributed by atoms with van der Waals surface area (Å²) in [5, 5.41) is 6.92. The number of nitrogens with one attached hydrogen (secondary N) is 1. The van der Waals surface area contributed by atoms with Gasteiger partial charge in [-0.15, -0.1) is 0 Å². The summed E-state index contributed by atoms with van der Waals surface area (Å²) < 4.78 is 15.5. The second-order valence-electron chi connectivity index (χ2n) is 9.59. The number of pyridine rings is 1. The molecule has 6 rings (SSSR count). The molecule has 0 saturated carbocycles. The van der Waals surface area contributed by atoms with Crippen LogP contribution in [0.25, 0.3) is 11.1 Å². The standard InChI is InChI=1S/C26H29N5O6/c1-34-25(32)28-14-24-23-11-18-10-16(3-5-22(18)31(23)26(33)36-24)17-2-4-20(27-13-17)21-12-19(37-29-21)15-30-6-8-35-9-7-30/h2-5,10,13,19,23-24H,6-9,11-12,14-15H2,1H3,(H,28,32)/t19?,23-,24-/m0/s1. The average Bonchev–Trinajstić information content (AvgIpc) is 3.63. The molecule has 37 heavy (non-hydrogen) atoms. The number of benzene rings is 1. The molecular formula is C26H29N5O6. The van der Waals surface area contributed by atoms with Gasteiger partial charge < -0.3 is 24.4 Å². The molecule has 5 heterocycles. The molecule has 11 heteroatoms. The van der Waals surface area contributed by atoms with Gasteiger partial charge in [0.15, 0.2) is 0 Å². The zero-order chi connectivity index (χ0) is 25.4. The summed E-state index contributed by atoms with van der Waals surface area (Å²) in [5.74, 6) is 0. The van der Waals surface area contributed by atoms with Crippen molar-refractivity contribution in [2.45, 2.75) is 31.1 Å². The van der Waals surface area contributed by atoms with E-state index >= 15 is 0 Å². The van der Waals surface area contributed by atoms with Gasteiger partial charge in [-0.05, 0) is 35.7 Å². The smallest absolute Gasteiger partial charge is 0.415 e. The maximum Gasteiger partial charge on any atom is 0.415 e. The lowest BCUT2D eigenvalue weighted by molar-refractivity contribution is -0.0000406. The predicted octanol–water partition coefficient (Wildman–Crippen LogP) is 2.18. The predicted molar refractivity (Wildman–Crippen MR) is 134 cm³/mol. The fraction of sp³-hybridized carbons (Fsp3) is 0.462. The third-order valence-electron chi connectivity index (χ3n) is 7.30. The van der Waals surface area contributed by atoms with E-state index in [9.17, 15) is 9.59 Å². The van der Waals surface area contributed by atoms with Gasteiger partial charge in [-0.25, -0.2) is 9.59 Å². The Morgan fingerprint density at radius 1 is 1.16 bits per heavy atom. The maximum absolute atomic E-state index is 12.5. The fourth-order valence-corrected chi connectivity index (χ4v) is 5.37. The van der Waals surface area contributed by atoms with Crippen molar-refractivity contribution in [2.75, 3.05) is 51.4 Å². The van der Waals surface area contributed by atoms with Crippen molar-refractivity contribution in [3.63, 3.8) is 0 Å². The summed E-state index contributed by atoms with van der Waals surface area (Å²) in [5.41, 5.74) is 5.59. The van der Waals surface area contributed by atoms with Crippen LogP contribution < -0.4 is 10.2 Å². The number of aromatic nitrogens is 1. The molecule has 2 amide bonds. The van der Waals surface area contributed by atoms with Gasteiger partial charge in [-0.3, -0.25) is 14.8 Å². The maximum atomic E-state index is 12.5. The number of carbonyl (C=O) groups is 2. The first-order chi connectivity index (χ1) is 18.1. The molecule has 11 nitrogen and oxygen atoms in total. The van der Waals surface area contributed by atoms with Crippen LogP contribution in [0.1, 0.15) is 17.7 Å². The van der Waals surface area contributed by atoms with Crippen molar-refractivity contribution >= 4 is 23.6 Å². The van der Waals surface area contributed by atoms with E-state index in [1.165, 1.54) is 7.11 Å². The molecule has 0 radical (unpaired) electrons. The van der Waals surface area contributed by atoms with Gasteiger partial charge >= 0.3 is 12.2 Å². The molecule has 4 aliphatic rings. The molecule has 2 fully saturated rings. The minimum Gasteiger partial charge on any atom is -0.453 e. The number of alkyl carbamates (subject to hydrolysis) is 1. The van der Waals surface area contributed by atoms with Crippen molar-refractivity contribution in [1.82, 2.24) is 15.2 Å². The number of anilines is 1. The van der Waals surface area contributed by atoms with E-state index in [1.54, 1.807) is 4.90 Å². The number of morpholine rings is 1. The average molecular weight is 508 g/mol. The Labute approximate surface area is 214 Å². The number of amides is 2. The van der Waals surface area contributed by atoms with Crippen LogP contribution in [0.3, 0.4) is 0 Å². The monoisotopic (exact) mass is 507 g/mol. The number of carbonyl (C=O) groups excluding carboxylic acids is 2. The summed E-state index contributed by atoms with van der Waals surface area (Å²) in [4.78, 5) is 38.3.